The van der Waals surface area contributed by atoms with Gasteiger partial charge in [0, 0.05) is 24.6 Å². The van der Waals surface area contributed by atoms with Gasteiger partial charge in [-0.25, -0.2) is 0 Å². The van der Waals surface area contributed by atoms with E-state index >= 15 is 0 Å². The molecular weight excluding hydrogens is 372 g/mol. The molecule has 8 nitrogen and oxygen atoms in total. The third kappa shape index (κ3) is 5.29. The first kappa shape index (κ1) is 20.9. The number of nitrogens with one attached hydrogen (secondary N) is 2. The summed E-state index contributed by atoms with van der Waals surface area (Å²) in [5, 5.41) is 9.15. The highest BCUT2D eigenvalue weighted by Gasteiger charge is 2.26. The van der Waals surface area contributed by atoms with E-state index in [1.165, 1.54) is 6.20 Å². The first-order valence-corrected chi connectivity index (χ1v) is 8.51. The number of hydrogen-bond donors (Lipinski definition) is 3. The van der Waals surface area contributed by atoms with Gasteiger partial charge in [-0.3, -0.25) is 9.59 Å². The molecule has 0 aliphatic carbocycles. The van der Waals surface area contributed by atoms with E-state index in [1.807, 2.05) is 0 Å². The second kappa shape index (κ2) is 9.50. The first-order chi connectivity index (χ1) is 12.5. The number of nitrogens with zero attached hydrogens (tertiary/aromatic N) is 1. The summed E-state index contributed by atoms with van der Waals surface area (Å²) >= 11 is 0. The van der Waals surface area contributed by atoms with Crippen molar-refractivity contribution in [3.05, 3.63) is 41.8 Å². The Morgan fingerprint density at radius 3 is 2.30 bits per heavy atom. The average Bonchev–Trinajstić information content (AvgIpc) is 3.09. The maximum Gasteiger partial charge on any atom is 0.260 e. The lowest BCUT2D eigenvalue weighted by Gasteiger charge is -2.26. The van der Waals surface area contributed by atoms with Gasteiger partial charge in [-0.2, -0.15) is 0 Å². The van der Waals surface area contributed by atoms with Crippen molar-refractivity contribution in [1.29, 1.82) is 0 Å². The van der Waals surface area contributed by atoms with Crippen LogP contribution in [0.2, 0.25) is 0 Å². The van der Waals surface area contributed by atoms with Crippen LogP contribution in [0.4, 0.5) is 11.4 Å². The number of amides is 2. The zero-order valence-corrected chi connectivity index (χ0v) is 15.8. The van der Waals surface area contributed by atoms with Crippen molar-refractivity contribution in [2.45, 2.75) is 25.8 Å². The van der Waals surface area contributed by atoms with Gasteiger partial charge in [0.05, 0.1) is 12.2 Å². The maximum atomic E-state index is 12.3. The molecule has 2 aromatic rings. The molecule has 2 amide bonds. The molecule has 1 fully saturated rings. The van der Waals surface area contributed by atoms with E-state index in [-0.39, 0.29) is 30.1 Å². The van der Waals surface area contributed by atoms with Gasteiger partial charge in [-0.1, -0.05) is 5.16 Å². The molecule has 27 heavy (non-hydrogen) atoms. The summed E-state index contributed by atoms with van der Waals surface area (Å²) in [6.07, 6.45) is 2.96. The summed E-state index contributed by atoms with van der Waals surface area (Å²) in [6.45, 7) is 2.96. The van der Waals surface area contributed by atoms with Crippen molar-refractivity contribution in [3.63, 3.8) is 0 Å². The van der Waals surface area contributed by atoms with Crippen LogP contribution in [0.5, 0.6) is 0 Å². The number of carbonyl (C=O) groups excluding carboxylic acids is 2. The lowest BCUT2D eigenvalue weighted by atomic mass is 9.92. The van der Waals surface area contributed by atoms with Gasteiger partial charge in [-0.15, -0.1) is 12.4 Å². The highest BCUT2D eigenvalue weighted by molar-refractivity contribution is 6.04. The predicted molar refractivity (Wildman–Crippen MR) is 103 cm³/mol. The van der Waals surface area contributed by atoms with Crippen LogP contribution in [0.25, 0.3) is 0 Å². The average molecular weight is 395 g/mol. The quantitative estimate of drug-likeness (QED) is 0.716. The molecule has 1 unspecified atom stereocenters. The number of nitrogens with two attached hydrogens (primary N) is 1. The molecule has 1 aromatic carbocycles. The highest BCUT2D eigenvalue weighted by atomic mass is 35.5. The number of carbonyl (C=O) groups is 2. The lowest BCUT2D eigenvalue weighted by Crippen LogP contribution is -2.43. The molecule has 1 aromatic heterocycles. The predicted octanol–water partition coefficient (Wildman–Crippen LogP) is 2.35. The third-order valence-corrected chi connectivity index (χ3v) is 4.48. The Bertz CT molecular complexity index is 772. The number of ether oxygens (including phenoxy) is 1. The summed E-state index contributed by atoms with van der Waals surface area (Å²) < 4.78 is 10.2. The summed E-state index contributed by atoms with van der Waals surface area (Å²) in [7, 11) is 0. The summed E-state index contributed by atoms with van der Waals surface area (Å²) in [5.74, 6) is 0.0680. The minimum atomic E-state index is -0.560. The fraction of sp³-hybridized carbons (Fsp3) is 0.389. The minimum absolute atomic E-state index is 0. The van der Waals surface area contributed by atoms with Crippen molar-refractivity contribution >= 4 is 35.6 Å². The monoisotopic (exact) mass is 394 g/mol. The van der Waals surface area contributed by atoms with E-state index < -0.39 is 6.04 Å². The molecule has 1 aliphatic rings. The minimum Gasteiger partial charge on any atom is -0.381 e. The van der Waals surface area contributed by atoms with Gasteiger partial charge in [0.25, 0.3) is 5.91 Å². The highest BCUT2D eigenvalue weighted by Crippen LogP contribution is 2.20. The van der Waals surface area contributed by atoms with Crippen LogP contribution in [0.15, 0.2) is 35.0 Å². The van der Waals surface area contributed by atoms with Gasteiger partial charge < -0.3 is 25.6 Å². The number of benzene rings is 1. The number of aryl methyl sites for hydroxylation is 1. The molecule has 0 bridgehead atoms. The molecule has 1 atom stereocenters. The van der Waals surface area contributed by atoms with Crippen LogP contribution in [0, 0.1) is 12.8 Å². The molecule has 0 radical (unpaired) electrons. The number of halogens is 1. The molecule has 146 valence electrons. The summed E-state index contributed by atoms with van der Waals surface area (Å²) in [5.41, 5.74) is 7.67. The van der Waals surface area contributed by atoms with E-state index in [4.69, 9.17) is 15.0 Å². The third-order valence-electron chi connectivity index (χ3n) is 4.48. The van der Waals surface area contributed by atoms with Crippen molar-refractivity contribution in [1.82, 2.24) is 5.16 Å². The van der Waals surface area contributed by atoms with Crippen molar-refractivity contribution in [2.24, 2.45) is 11.7 Å². The SMILES string of the molecule is Cc1oncc1C(=O)Nc1ccc(NC(=O)C(N)C2CCOCC2)cc1.Cl. The van der Waals surface area contributed by atoms with Crippen molar-refractivity contribution in [3.8, 4) is 0 Å². The number of anilines is 2. The Morgan fingerprint density at radius 1 is 1.15 bits per heavy atom. The fourth-order valence-corrected chi connectivity index (χ4v) is 2.87. The van der Waals surface area contributed by atoms with E-state index in [2.05, 4.69) is 15.8 Å². The van der Waals surface area contributed by atoms with Gasteiger partial charge in [0.2, 0.25) is 5.91 Å². The smallest absolute Gasteiger partial charge is 0.260 e. The van der Waals surface area contributed by atoms with E-state index in [0.717, 1.165) is 12.8 Å². The first-order valence-electron chi connectivity index (χ1n) is 8.51. The molecule has 2 heterocycles. The normalized spacial score (nSPS) is 15.5. The summed E-state index contributed by atoms with van der Waals surface area (Å²) in [6, 6.07) is 6.28. The van der Waals surface area contributed by atoms with Gasteiger partial charge in [0.15, 0.2) is 0 Å². The van der Waals surface area contributed by atoms with Gasteiger partial charge in [-0.05, 0) is 49.9 Å². The van der Waals surface area contributed by atoms with Crippen LogP contribution in [0.3, 0.4) is 0 Å². The van der Waals surface area contributed by atoms with Crippen LogP contribution in [-0.4, -0.2) is 36.2 Å². The second-order valence-electron chi connectivity index (χ2n) is 6.29. The molecule has 9 heteroatoms. The van der Waals surface area contributed by atoms with Gasteiger partial charge >= 0.3 is 0 Å². The number of aromatic nitrogens is 1. The van der Waals surface area contributed by atoms with E-state index in [0.29, 0.717) is 35.9 Å². The fourth-order valence-electron chi connectivity index (χ4n) is 2.87. The lowest BCUT2D eigenvalue weighted by molar-refractivity contribution is -0.119. The van der Waals surface area contributed by atoms with E-state index in [1.54, 1.807) is 31.2 Å². The molecule has 1 saturated heterocycles. The summed E-state index contributed by atoms with van der Waals surface area (Å²) in [4.78, 5) is 24.4. The molecule has 3 rings (SSSR count). The molecule has 4 N–H and O–H groups in total. The number of rotatable bonds is 5. The Hall–Kier alpha value is -2.42. The van der Waals surface area contributed by atoms with Crippen LogP contribution < -0.4 is 16.4 Å². The Kier molecular flexibility index (Phi) is 7.35. The van der Waals surface area contributed by atoms with Crippen LogP contribution in [-0.2, 0) is 9.53 Å². The topological polar surface area (TPSA) is 119 Å². The van der Waals surface area contributed by atoms with E-state index in [9.17, 15) is 9.59 Å². The van der Waals surface area contributed by atoms with Gasteiger partial charge in [0.1, 0.15) is 11.3 Å². The molecule has 0 spiro atoms. The van der Waals surface area contributed by atoms with Crippen molar-refractivity contribution in [2.75, 3.05) is 23.8 Å². The van der Waals surface area contributed by atoms with Crippen LogP contribution >= 0.6 is 12.4 Å². The largest absolute Gasteiger partial charge is 0.381 e. The van der Waals surface area contributed by atoms with Crippen molar-refractivity contribution < 1.29 is 18.8 Å². The zero-order valence-electron chi connectivity index (χ0n) is 14.9. The Balaban J connectivity index is 0.00000261. The standard InChI is InChI=1S/C18H22N4O4.ClH/c1-11-15(10-20-26-11)17(23)21-13-2-4-14(5-3-13)22-18(24)16(19)12-6-8-25-9-7-12;/h2-5,10,12,16H,6-9,19H2,1H3,(H,21,23)(H,22,24);1H. The zero-order chi connectivity index (χ0) is 18.5. The number of hydrogen-bond acceptors (Lipinski definition) is 6. The maximum absolute atomic E-state index is 12.3. The molecule has 1 aliphatic heterocycles. The Labute approximate surface area is 163 Å². The Morgan fingerprint density at radius 2 is 1.74 bits per heavy atom. The second-order valence-corrected chi connectivity index (χ2v) is 6.29. The van der Waals surface area contributed by atoms with Crippen LogP contribution in [0.1, 0.15) is 29.0 Å². The molecular formula is C18H23ClN4O4. The molecule has 0 saturated carbocycles.